The van der Waals surface area contributed by atoms with Gasteiger partial charge in [0.15, 0.2) is 0 Å². The first-order chi connectivity index (χ1) is 5.06. The molecule has 12 heavy (non-hydrogen) atoms. The molecule has 0 saturated carbocycles. The highest BCUT2D eigenvalue weighted by Crippen LogP contribution is 2.39. The number of likely N-dealkylation sites (N-methyl/N-ethyl adjacent to an activating group) is 1. The van der Waals surface area contributed by atoms with Crippen molar-refractivity contribution in [2.75, 3.05) is 34.3 Å². The number of thiol groups is 1. The normalized spacial score (nSPS) is 11.9. The Morgan fingerprint density at radius 3 is 1.58 bits per heavy atom. The van der Waals surface area contributed by atoms with Gasteiger partial charge in [-0.15, -0.1) is 0 Å². The van der Waals surface area contributed by atoms with Gasteiger partial charge in [-0.2, -0.15) is 0 Å². The van der Waals surface area contributed by atoms with Gasteiger partial charge in [-0.25, -0.2) is 4.57 Å². The quantitative estimate of drug-likeness (QED) is 0.291. The van der Waals surface area contributed by atoms with Crippen molar-refractivity contribution in [3.63, 3.8) is 0 Å². The highest BCUT2D eigenvalue weighted by atomic mass is 32.7. The highest BCUT2D eigenvalue weighted by molar-refractivity contribution is 8.43. The molecule has 0 spiro atoms. The summed E-state index contributed by atoms with van der Waals surface area (Å²) in [7, 11) is 6.16. The number of quaternary nitrogens is 1. The molecule has 5 nitrogen and oxygen atoms in total. The lowest BCUT2D eigenvalue weighted by Crippen LogP contribution is -2.36. The van der Waals surface area contributed by atoms with Gasteiger partial charge < -0.3 is 19.4 Å². The SMILES string of the molecule is C[N+](C)(C)CCO.O=P(O)(O)S. The molecule has 3 N–H and O–H groups in total. The van der Waals surface area contributed by atoms with Crippen molar-refractivity contribution >= 4 is 19.0 Å². The van der Waals surface area contributed by atoms with Gasteiger partial charge in [-0.3, -0.25) is 0 Å². The van der Waals surface area contributed by atoms with Crippen molar-refractivity contribution in [3.8, 4) is 0 Å². The van der Waals surface area contributed by atoms with Crippen LogP contribution >= 0.6 is 19.0 Å². The Labute approximate surface area is 77.9 Å². The summed E-state index contributed by atoms with van der Waals surface area (Å²) >= 11 is 2.79. The summed E-state index contributed by atoms with van der Waals surface area (Å²) < 4.78 is 10.0. The summed E-state index contributed by atoms with van der Waals surface area (Å²) in [4.78, 5) is 15.0. The summed E-state index contributed by atoms with van der Waals surface area (Å²) in [6.07, 6.45) is 0. The van der Waals surface area contributed by atoms with E-state index in [1.54, 1.807) is 0 Å². The summed E-state index contributed by atoms with van der Waals surface area (Å²) in [6, 6.07) is 0. The van der Waals surface area contributed by atoms with Gasteiger partial charge in [-0.05, 0) is 0 Å². The molecule has 0 aliphatic carbocycles. The Morgan fingerprint density at radius 2 is 1.58 bits per heavy atom. The third-order valence-electron chi connectivity index (χ3n) is 0.771. The van der Waals surface area contributed by atoms with Crippen LogP contribution in [0.4, 0.5) is 0 Å². The largest absolute Gasteiger partial charge is 0.391 e. The second-order valence-corrected chi connectivity index (χ2v) is 5.84. The Hall–Kier alpha value is 0.420. The van der Waals surface area contributed by atoms with Crippen molar-refractivity contribution in [1.82, 2.24) is 0 Å². The van der Waals surface area contributed by atoms with Crippen LogP contribution < -0.4 is 0 Å². The Kier molecular flexibility index (Phi) is 7.41. The fourth-order valence-electron chi connectivity index (χ4n) is 0.300. The smallest absolute Gasteiger partial charge is 0.380 e. The highest BCUT2D eigenvalue weighted by Gasteiger charge is 2.02. The molecule has 0 amide bonds. The average molecular weight is 218 g/mol. The van der Waals surface area contributed by atoms with Gasteiger partial charge in [-0.1, -0.05) is 12.2 Å². The minimum Gasteiger partial charge on any atom is -0.391 e. The summed E-state index contributed by atoms with van der Waals surface area (Å²) in [5.41, 5.74) is 0. The van der Waals surface area contributed by atoms with Gasteiger partial charge in [0.05, 0.1) is 27.7 Å². The third kappa shape index (κ3) is 47.3. The van der Waals surface area contributed by atoms with E-state index >= 15 is 0 Å². The van der Waals surface area contributed by atoms with E-state index in [2.05, 4.69) is 33.4 Å². The van der Waals surface area contributed by atoms with E-state index in [1.807, 2.05) is 0 Å². The number of hydrogen-bond donors (Lipinski definition) is 4. The molecule has 0 atom stereocenters. The first-order valence-corrected chi connectivity index (χ1v) is 6.02. The van der Waals surface area contributed by atoms with Crippen molar-refractivity contribution < 1.29 is 23.9 Å². The van der Waals surface area contributed by atoms with E-state index < -0.39 is 6.80 Å². The molecule has 0 aliphatic rings. The maximum absolute atomic E-state index is 9.19. The molecular weight excluding hydrogens is 201 g/mol. The van der Waals surface area contributed by atoms with Crippen molar-refractivity contribution in [2.24, 2.45) is 0 Å². The molecule has 0 aromatic heterocycles. The van der Waals surface area contributed by atoms with Crippen molar-refractivity contribution in [1.29, 1.82) is 0 Å². The van der Waals surface area contributed by atoms with Crippen LogP contribution in [-0.4, -0.2) is 53.7 Å². The maximum Gasteiger partial charge on any atom is 0.380 e. The van der Waals surface area contributed by atoms with Gasteiger partial charge in [0.25, 0.3) is 0 Å². The molecule has 0 aromatic carbocycles. The Balaban J connectivity index is 0. The lowest BCUT2D eigenvalue weighted by Gasteiger charge is -2.21. The molecule has 0 heterocycles. The second kappa shape index (κ2) is 5.96. The minimum absolute atomic E-state index is 0.281. The molecule has 0 unspecified atom stereocenters. The first kappa shape index (κ1) is 14.9. The molecule has 7 heteroatoms. The molecule has 76 valence electrons. The van der Waals surface area contributed by atoms with Crippen molar-refractivity contribution in [3.05, 3.63) is 0 Å². The van der Waals surface area contributed by atoms with Gasteiger partial charge in [0, 0.05) is 0 Å². The fraction of sp³-hybridized carbons (Fsp3) is 1.00. The van der Waals surface area contributed by atoms with E-state index in [9.17, 15) is 4.57 Å². The summed E-state index contributed by atoms with van der Waals surface area (Å²) in [5, 5.41) is 8.39. The zero-order valence-corrected chi connectivity index (χ0v) is 9.29. The molecule has 0 radical (unpaired) electrons. The summed E-state index contributed by atoms with van der Waals surface area (Å²) in [5.74, 6) is 0. The zero-order valence-electron chi connectivity index (χ0n) is 7.51. The van der Waals surface area contributed by atoms with Crippen LogP contribution in [0.15, 0.2) is 0 Å². The first-order valence-electron chi connectivity index (χ1n) is 3.26. The van der Waals surface area contributed by atoms with Crippen LogP contribution in [0, 0.1) is 0 Å². The van der Waals surface area contributed by atoms with Gasteiger partial charge in [0.2, 0.25) is 0 Å². The van der Waals surface area contributed by atoms with Crippen LogP contribution in [0.2, 0.25) is 0 Å². The van der Waals surface area contributed by atoms with Crippen LogP contribution in [0.5, 0.6) is 0 Å². The van der Waals surface area contributed by atoms with Crippen molar-refractivity contribution in [2.45, 2.75) is 0 Å². The fourth-order valence-corrected chi connectivity index (χ4v) is 0.300. The molecule has 0 rings (SSSR count). The third-order valence-corrected chi connectivity index (χ3v) is 0.771. The molecule has 0 aliphatic heterocycles. The standard InChI is InChI=1S/C5H14NO.H3O3PS/c1-6(2,3)4-5-7;1-4(2,3)5/h7H,4-5H2,1-3H3;(H3,1,2,3,5)/q+1;. The predicted molar refractivity (Wildman–Crippen MR) is 51.0 cm³/mol. The van der Waals surface area contributed by atoms with Crippen LogP contribution in [0.1, 0.15) is 0 Å². The van der Waals surface area contributed by atoms with Gasteiger partial charge in [0.1, 0.15) is 6.54 Å². The van der Waals surface area contributed by atoms with E-state index in [0.29, 0.717) is 0 Å². The average Bonchev–Trinajstić information content (AvgIpc) is 1.54. The summed E-state index contributed by atoms with van der Waals surface area (Å²) in [6.45, 7) is -2.83. The van der Waals surface area contributed by atoms with Crippen LogP contribution in [-0.2, 0) is 4.57 Å². The monoisotopic (exact) mass is 218 g/mol. The van der Waals surface area contributed by atoms with E-state index in [-0.39, 0.29) is 6.61 Å². The number of hydrogen-bond acceptors (Lipinski definition) is 2. The number of aliphatic hydroxyl groups is 1. The van der Waals surface area contributed by atoms with E-state index in [4.69, 9.17) is 14.9 Å². The number of rotatable bonds is 2. The predicted octanol–water partition coefficient (Wildman–Crippen LogP) is -0.306. The van der Waals surface area contributed by atoms with E-state index in [0.717, 1.165) is 11.0 Å². The second-order valence-electron chi connectivity index (χ2n) is 3.25. The molecule has 0 bridgehead atoms. The topological polar surface area (TPSA) is 77.8 Å². The van der Waals surface area contributed by atoms with Crippen LogP contribution in [0.3, 0.4) is 0 Å². The molecular formula is C5H17NO4PS+. The Bertz CT molecular complexity index is 144. The maximum atomic E-state index is 9.19. The van der Waals surface area contributed by atoms with Gasteiger partial charge >= 0.3 is 6.80 Å². The Morgan fingerprint density at radius 1 is 1.33 bits per heavy atom. The molecule has 0 fully saturated rings. The zero-order chi connectivity index (χ0) is 10.4. The molecule has 0 saturated heterocycles. The number of nitrogens with zero attached hydrogens (tertiary/aromatic N) is 1. The lowest BCUT2D eigenvalue weighted by atomic mass is 10.5. The molecule has 0 aromatic rings. The van der Waals surface area contributed by atoms with E-state index in [1.165, 1.54) is 0 Å². The number of aliphatic hydroxyl groups excluding tert-OH is 1. The lowest BCUT2D eigenvalue weighted by molar-refractivity contribution is -0.870. The van der Waals surface area contributed by atoms with Crippen LogP contribution in [0.25, 0.3) is 0 Å². The minimum atomic E-state index is -3.94.